The standard InChI is InChI=1S/C18H16F2O5/c1-2-22-17(21)13-5-3-12(4-6-13)9-10-23-14-7-8-15-16(11-14)25-18(19,20)24-15/h3-8,11H,2,9-10H2,1H3. The summed E-state index contributed by atoms with van der Waals surface area (Å²) in [5, 5.41) is 0. The lowest BCUT2D eigenvalue weighted by molar-refractivity contribution is -0.286. The van der Waals surface area contributed by atoms with Crippen molar-refractivity contribution in [3.63, 3.8) is 0 Å². The van der Waals surface area contributed by atoms with Gasteiger partial charge in [0.1, 0.15) is 5.75 Å². The van der Waals surface area contributed by atoms with Gasteiger partial charge in [0.15, 0.2) is 11.5 Å². The van der Waals surface area contributed by atoms with Gasteiger partial charge in [0.05, 0.1) is 18.8 Å². The number of hydrogen-bond acceptors (Lipinski definition) is 5. The van der Waals surface area contributed by atoms with Crippen LogP contribution < -0.4 is 14.2 Å². The summed E-state index contributed by atoms with van der Waals surface area (Å²) in [6.07, 6.45) is -3.05. The normalized spacial score (nSPS) is 14.2. The van der Waals surface area contributed by atoms with Gasteiger partial charge in [-0.3, -0.25) is 0 Å². The van der Waals surface area contributed by atoms with Crippen molar-refractivity contribution in [2.75, 3.05) is 13.2 Å². The molecule has 0 fully saturated rings. The molecule has 0 bridgehead atoms. The fourth-order valence-corrected chi connectivity index (χ4v) is 2.33. The summed E-state index contributed by atoms with van der Waals surface area (Å²) in [5.41, 5.74) is 1.46. The molecule has 1 aliphatic heterocycles. The van der Waals surface area contributed by atoms with Crippen LogP contribution in [0.15, 0.2) is 42.5 Å². The van der Waals surface area contributed by atoms with Crippen LogP contribution in [0.1, 0.15) is 22.8 Å². The Bertz CT molecular complexity index is 759. The van der Waals surface area contributed by atoms with Crippen LogP contribution in [-0.2, 0) is 11.2 Å². The summed E-state index contributed by atoms with van der Waals surface area (Å²) in [6.45, 7) is 2.42. The Balaban J connectivity index is 1.53. The lowest BCUT2D eigenvalue weighted by Gasteiger charge is -2.07. The number of fused-ring (bicyclic) bond motifs is 1. The maximum absolute atomic E-state index is 13.0. The molecule has 0 spiro atoms. The Hall–Kier alpha value is -2.83. The van der Waals surface area contributed by atoms with E-state index in [0.717, 1.165) is 5.56 Å². The smallest absolute Gasteiger partial charge is 0.493 e. The van der Waals surface area contributed by atoms with Crippen LogP contribution >= 0.6 is 0 Å². The second-order valence-corrected chi connectivity index (χ2v) is 5.29. The SMILES string of the molecule is CCOC(=O)c1ccc(CCOc2ccc3c(c2)OC(F)(F)O3)cc1. The minimum atomic E-state index is -3.64. The fourth-order valence-electron chi connectivity index (χ4n) is 2.33. The second-order valence-electron chi connectivity index (χ2n) is 5.29. The van der Waals surface area contributed by atoms with E-state index in [-0.39, 0.29) is 17.5 Å². The molecule has 0 N–H and O–H groups in total. The molecule has 1 aliphatic rings. The number of hydrogen-bond donors (Lipinski definition) is 0. The molecule has 0 radical (unpaired) electrons. The van der Waals surface area contributed by atoms with Gasteiger partial charge in [0.25, 0.3) is 0 Å². The summed E-state index contributed by atoms with van der Waals surface area (Å²) >= 11 is 0. The van der Waals surface area contributed by atoms with Crippen LogP contribution in [0.5, 0.6) is 17.2 Å². The summed E-state index contributed by atoms with van der Waals surface area (Å²) in [5.74, 6) is -0.0288. The molecule has 5 nitrogen and oxygen atoms in total. The molecule has 0 saturated carbocycles. The highest BCUT2D eigenvalue weighted by Crippen LogP contribution is 2.42. The van der Waals surface area contributed by atoms with Crippen LogP contribution in [0.4, 0.5) is 8.78 Å². The van der Waals surface area contributed by atoms with Crippen LogP contribution in [0.3, 0.4) is 0 Å². The zero-order valence-corrected chi connectivity index (χ0v) is 13.5. The van der Waals surface area contributed by atoms with E-state index in [4.69, 9.17) is 9.47 Å². The molecule has 25 heavy (non-hydrogen) atoms. The van der Waals surface area contributed by atoms with Crippen molar-refractivity contribution in [3.05, 3.63) is 53.6 Å². The minimum Gasteiger partial charge on any atom is -0.493 e. The summed E-state index contributed by atoms with van der Waals surface area (Å²) in [7, 11) is 0. The Morgan fingerprint density at radius 1 is 1.08 bits per heavy atom. The molecule has 0 atom stereocenters. The van der Waals surface area contributed by atoms with Crippen LogP contribution in [-0.4, -0.2) is 25.5 Å². The Morgan fingerprint density at radius 2 is 1.80 bits per heavy atom. The monoisotopic (exact) mass is 350 g/mol. The second kappa shape index (κ2) is 6.96. The third-order valence-corrected chi connectivity index (χ3v) is 3.50. The highest BCUT2D eigenvalue weighted by atomic mass is 19.3. The first-order valence-electron chi connectivity index (χ1n) is 7.75. The lowest BCUT2D eigenvalue weighted by atomic mass is 10.1. The van der Waals surface area contributed by atoms with Gasteiger partial charge in [0.2, 0.25) is 0 Å². The van der Waals surface area contributed by atoms with Gasteiger partial charge in [-0.2, -0.15) is 0 Å². The number of alkyl halides is 2. The maximum atomic E-state index is 13.0. The molecular weight excluding hydrogens is 334 g/mol. The van der Waals surface area contributed by atoms with Gasteiger partial charge in [-0.05, 0) is 36.8 Å². The van der Waals surface area contributed by atoms with Crippen molar-refractivity contribution in [2.24, 2.45) is 0 Å². The molecule has 0 unspecified atom stereocenters. The van der Waals surface area contributed by atoms with Crippen molar-refractivity contribution < 1.29 is 32.5 Å². The van der Waals surface area contributed by atoms with Gasteiger partial charge in [-0.1, -0.05) is 12.1 Å². The zero-order chi connectivity index (χ0) is 17.9. The van der Waals surface area contributed by atoms with Gasteiger partial charge < -0.3 is 18.9 Å². The molecule has 132 valence electrons. The lowest BCUT2D eigenvalue weighted by Crippen LogP contribution is -2.25. The highest BCUT2D eigenvalue weighted by Gasteiger charge is 2.43. The van der Waals surface area contributed by atoms with Crippen LogP contribution in [0.25, 0.3) is 0 Å². The molecule has 2 aromatic rings. The average Bonchev–Trinajstić information content (AvgIpc) is 2.89. The minimum absolute atomic E-state index is 0.0214. The van der Waals surface area contributed by atoms with Crippen molar-refractivity contribution in [1.82, 2.24) is 0 Å². The van der Waals surface area contributed by atoms with E-state index < -0.39 is 6.29 Å². The summed E-state index contributed by atoms with van der Waals surface area (Å²) < 4.78 is 45.1. The predicted molar refractivity (Wildman–Crippen MR) is 84.2 cm³/mol. The predicted octanol–water partition coefficient (Wildman–Crippen LogP) is 3.81. The number of carbonyl (C=O) groups excluding carboxylic acids is 1. The first kappa shape index (κ1) is 17.0. The molecule has 2 aromatic carbocycles. The van der Waals surface area contributed by atoms with E-state index in [1.54, 1.807) is 19.1 Å². The van der Waals surface area contributed by atoms with Crippen LogP contribution in [0, 0.1) is 0 Å². The molecule has 0 aromatic heterocycles. The average molecular weight is 350 g/mol. The Labute approximate surface area is 143 Å². The summed E-state index contributed by atoms with van der Waals surface area (Å²) in [4.78, 5) is 11.6. The number of benzene rings is 2. The van der Waals surface area contributed by atoms with Crippen LogP contribution in [0.2, 0.25) is 0 Å². The Morgan fingerprint density at radius 3 is 2.52 bits per heavy atom. The van der Waals surface area contributed by atoms with Gasteiger partial charge in [0, 0.05) is 12.5 Å². The molecule has 7 heteroatoms. The van der Waals surface area contributed by atoms with Gasteiger partial charge in [-0.25, -0.2) is 4.79 Å². The summed E-state index contributed by atoms with van der Waals surface area (Å²) in [6, 6.07) is 11.3. The topological polar surface area (TPSA) is 54.0 Å². The third kappa shape index (κ3) is 4.17. The number of rotatable bonds is 6. The first-order valence-corrected chi connectivity index (χ1v) is 7.75. The molecular formula is C18H16F2O5. The first-order chi connectivity index (χ1) is 12.0. The van der Waals surface area contributed by atoms with E-state index >= 15 is 0 Å². The van der Waals surface area contributed by atoms with Crippen molar-refractivity contribution >= 4 is 5.97 Å². The van der Waals surface area contributed by atoms with Crippen molar-refractivity contribution in [2.45, 2.75) is 19.6 Å². The molecule has 1 heterocycles. The zero-order valence-electron chi connectivity index (χ0n) is 13.5. The van der Waals surface area contributed by atoms with E-state index in [2.05, 4.69) is 9.47 Å². The van der Waals surface area contributed by atoms with Gasteiger partial charge in [-0.15, -0.1) is 8.78 Å². The van der Waals surface area contributed by atoms with E-state index in [1.807, 2.05) is 12.1 Å². The van der Waals surface area contributed by atoms with Crippen molar-refractivity contribution in [3.8, 4) is 17.2 Å². The highest BCUT2D eigenvalue weighted by molar-refractivity contribution is 5.89. The fraction of sp³-hybridized carbons (Fsp3) is 0.278. The molecule has 0 amide bonds. The van der Waals surface area contributed by atoms with E-state index in [1.165, 1.54) is 18.2 Å². The largest absolute Gasteiger partial charge is 0.586 e. The van der Waals surface area contributed by atoms with E-state index in [9.17, 15) is 13.6 Å². The van der Waals surface area contributed by atoms with Crippen molar-refractivity contribution in [1.29, 1.82) is 0 Å². The number of carbonyl (C=O) groups is 1. The molecule has 0 saturated heterocycles. The van der Waals surface area contributed by atoms with Gasteiger partial charge >= 0.3 is 12.3 Å². The Kier molecular flexibility index (Phi) is 4.74. The maximum Gasteiger partial charge on any atom is 0.586 e. The van der Waals surface area contributed by atoms with E-state index in [0.29, 0.717) is 30.9 Å². The third-order valence-electron chi connectivity index (χ3n) is 3.50. The number of halogens is 2. The quantitative estimate of drug-likeness (QED) is 0.742. The number of esters is 1. The molecule has 0 aliphatic carbocycles. The molecule has 3 rings (SSSR count). The number of ether oxygens (including phenoxy) is 4.